The normalized spacial score (nSPS) is 18.3. The van der Waals surface area contributed by atoms with Crippen molar-refractivity contribution in [1.29, 1.82) is 0 Å². The largest absolute Gasteiger partial charge is 0.496 e. The summed E-state index contributed by atoms with van der Waals surface area (Å²) in [6.07, 6.45) is 18.0. The van der Waals surface area contributed by atoms with Crippen LogP contribution < -0.4 is 55.5 Å². The van der Waals surface area contributed by atoms with Gasteiger partial charge in [-0.1, -0.05) is 12.1 Å². The van der Waals surface area contributed by atoms with Crippen LogP contribution in [0.25, 0.3) is 43.8 Å². The van der Waals surface area contributed by atoms with E-state index in [9.17, 15) is 67.1 Å². The zero-order chi connectivity index (χ0) is 90.2. The zero-order valence-electron chi connectivity index (χ0n) is 72.3. The zero-order valence-corrected chi connectivity index (χ0v) is 72.3. The molecule has 2 atom stereocenters. The Morgan fingerprint density at radius 3 is 1.17 bits per heavy atom. The smallest absolute Gasteiger partial charge is 0.317 e. The van der Waals surface area contributed by atoms with E-state index in [0.29, 0.717) is 104 Å². The first kappa shape index (κ1) is 90.0. The number of piperidine rings is 6. The number of imide groups is 4. The fourth-order valence-electron chi connectivity index (χ4n) is 18.7. The number of fused-ring (bicyclic) bond motifs is 4. The molecule has 11 amide bonds. The van der Waals surface area contributed by atoms with Gasteiger partial charge in [-0.3, -0.25) is 107 Å². The second-order valence-electron chi connectivity index (χ2n) is 33.3. The lowest BCUT2D eigenvalue weighted by molar-refractivity contribution is -0.138. The van der Waals surface area contributed by atoms with Crippen molar-refractivity contribution in [3.05, 3.63) is 164 Å². The highest BCUT2D eigenvalue weighted by molar-refractivity contribution is 6.26. The fraction of sp³-hybridized carbons (Fsp3) is 0.435. The van der Waals surface area contributed by atoms with E-state index in [-0.39, 0.29) is 115 Å². The summed E-state index contributed by atoms with van der Waals surface area (Å²) in [6, 6.07) is 18.3. The second kappa shape index (κ2) is 39.5. The Kier molecular flexibility index (Phi) is 28.0. The average Bonchev–Trinajstić information content (AvgIpc) is 1.65. The van der Waals surface area contributed by atoms with Crippen molar-refractivity contribution in [3.63, 3.8) is 0 Å². The lowest BCUT2D eigenvalue weighted by Gasteiger charge is -2.40. The van der Waals surface area contributed by atoms with Crippen LogP contribution in [0.5, 0.6) is 34.5 Å². The van der Waals surface area contributed by atoms with Crippen LogP contribution >= 0.6 is 0 Å². The number of carbonyl (C=O) groups excluding carboxylic acids is 11. The fourth-order valence-corrected chi connectivity index (χ4v) is 18.7. The second-order valence-corrected chi connectivity index (χ2v) is 33.3. The Balaban J connectivity index is 0.000000171. The SMILES string of the molecule is COc1cc(-c2cn(C)c(=O)c3cnccc23)cc(OC)c1CN(C)CC(=O)N1CCC(C2CCN(C(=O)COc3cccc4c3C(=O)N(C3CCC(=O)NC3=O)C4=O)CC2)CC1.COc1cc(-c2cn(C)c(=O)c3cnccc23)cc(OC)c1CN(C)CC(=O)O.O=C1CCC(N2C(=O)c3cccc(OCC(=O)N4CCC(C5CCNCC5)CC4)c3C2=O)C(=O)N1. The van der Waals surface area contributed by atoms with Crippen molar-refractivity contribution in [2.45, 2.75) is 102 Å². The van der Waals surface area contributed by atoms with Gasteiger partial charge in [-0.25, -0.2) is 0 Å². The van der Waals surface area contributed by atoms with Gasteiger partial charge in [-0.2, -0.15) is 0 Å². The molecule has 2 unspecified atom stereocenters. The van der Waals surface area contributed by atoms with Gasteiger partial charge in [0.1, 0.15) is 46.6 Å². The molecular formula is C92H104N14O21. The maximum atomic E-state index is 13.6. The molecule has 668 valence electrons. The molecule has 0 aliphatic carbocycles. The molecule has 8 aromatic rings. The third-order valence-corrected chi connectivity index (χ3v) is 25.4. The predicted octanol–water partition coefficient (Wildman–Crippen LogP) is 5.85. The van der Waals surface area contributed by atoms with Crippen LogP contribution in [-0.2, 0) is 65.5 Å². The monoisotopic (exact) mass is 1740 g/mol. The van der Waals surface area contributed by atoms with E-state index in [4.69, 9.17) is 33.5 Å². The summed E-state index contributed by atoms with van der Waals surface area (Å²) in [5.41, 5.74) is 4.89. The summed E-state index contributed by atoms with van der Waals surface area (Å²) in [7, 11) is 13.3. The highest BCUT2D eigenvalue weighted by atomic mass is 16.5. The summed E-state index contributed by atoms with van der Waals surface area (Å²) in [4.78, 5) is 196. The molecule has 35 heteroatoms. The van der Waals surface area contributed by atoms with Gasteiger partial charge in [0.25, 0.3) is 46.6 Å². The van der Waals surface area contributed by atoms with Gasteiger partial charge in [-0.05, 0) is 198 Å². The van der Waals surface area contributed by atoms with E-state index in [1.54, 1.807) is 121 Å². The molecule has 0 radical (unpaired) electrons. The summed E-state index contributed by atoms with van der Waals surface area (Å²) in [5, 5.41) is 19.4. The van der Waals surface area contributed by atoms with E-state index in [1.807, 2.05) is 52.1 Å². The van der Waals surface area contributed by atoms with Crippen LogP contribution in [-0.4, -0.2) is 263 Å². The predicted molar refractivity (Wildman–Crippen MR) is 462 cm³/mol. The molecule has 35 nitrogen and oxygen atoms in total. The molecule has 8 aliphatic heterocycles. The first-order valence-electron chi connectivity index (χ1n) is 42.6. The molecule has 0 spiro atoms. The molecule has 6 saturated heterocycles. The number of pyridine rings is 4. The van der Waals surface area contributed by atoms with Gasteiger partial charge < -0.3 is 62.7 Å². The van der Waals surface area contributed by atoms with Gasteiger partial charge >= 0.3 is 5.97 Å². The number of benzene rings is 4. The molecule has 0 saturated carbocycles. The van der Waals surface area contributed by atoms with E-state index in [2.05, 4.69) is 25.9 Å². The number of aromatic nitrogens is 4. The number of amides is 11. The van der Waals surface area contributed by atoms with E-state index < -0.39 is 65.3 Å². The lowest BCUT2D eigenvalue weighted by atomic mass is 9.79. The topological polar surface area (TPSA) is 409 Å². The van der Waals surface area contributed by atoms with Crippen LogP contribution in [0, 0.1) is 23.7 Å². The number of nitrogens with zero attached hydrogens (tertiary/aromatic N) is 11. The minimum atomic E-state index is -1.10. The summed E-state index contributed by atoms with van der Waals surface area (Å²) < 4.78 is 37.5. The lowest BCUT2D eigenvalue weighted by Crippen LogP contribution is -2.54. The van der Waals surface area contributed by atoms with Crippen molar-refractivity contribution in [2.24, 2.45) is 37.8 Å². The molecule has 12 heterocycles. The van der Waals surface area contributed by atoms with Gasteiger partial charge in [0.15, 0.2) is 13.2 Å². The van der Waals surface area contributed by atoms with Crippen LogP contribution in [0.1, 0.15) is 130 Å². The number of ether oxygens (including phenoxy) is 6. The Bertz CT molecular complexity index is 5730. The highest BCUT2D eigenvalue weighted by Crippen LogP contribution is 2.43. The number of rotatable bonds is 24. The number of methoxy groups -OCH3 is 4. The molecule has 127 heavy (non-hydrogen) atoms. The maximum absolute atomic E-state index is 13.6. The first-order valence-corrected chi connectivity index (χ1v) is 42.6. The molecular weight excluding hydrogens is 1640 g/mol. The number of hydrogen-bond donors (Lipinski definition) is 4. The van der Waals surface area contributed by atoms with E-state index >= 15 is 0 Å². The standard InChI is InChI=1S/C46H51N7O10.C25H30N4O6.C21H23N3O5/c1-49(23-34-37(61-3)20-29(21-38(34)62-4)33-24-50(2)44(58)32-22-47-15-10-30(32)33)25-40(55)51-16-11-27(12-17-51)28-13-18-52(19-14-28)41(56)26-63-36-7-5-6-31-42(36)46(60)53(45(31)59)35-8-9-39(54)48-43(35)57;30-20-5-4-18(23(32)27-20)29-24(33)17-2-1-3-19(22(17)25(29)34)35-14-21(31)28-12-8-16(9-13-28)15-6-10-26-11-7-15;1-23(12-20(25)26)10-17-18(28-3)7-13(8-19(17)29-4)16-11-24(2)21(27)15-9-22-6-5-14(15)16/h5-7,10,15,20-22,24,27-28,35H,8-9,11-14,16-19,23,25-26H2,1-4H3,(H,48,54,57);1-3,15-16,18,26H,4-14H2,(H,27,30,32);5-9,11H,10,12H2,1-4H3,(H,25,26). The number of aryl methyl sites for hydroxylation is 2. The highest BCUT2D eigenvalue weighted by Gasteiger charge is 2.48. The number of carboxylic acid groups (broad SMARTS) is 1. The van der Waals surface area contributed by atoms with Crippen molar-refractivity contribution in [1.82, 2.24) is 69.4 Å². The Labute approximate surface area is 731 Å². The molecule has 16 rings (SSSR count). The molecule has 4 aromatic carbocycles. The maximum Gasteiger partial charge on any atom is 0.317 e. The number of likely N-dealkylation sites (tertiary alicyclic amines) is 3. The molecule has 8 aliphatic rings. The van der Waals surface area contributed by atoms with Crippen LogP contribution in [0.4, 0.5) is 0 Å². The number of hydrogen-bond acceptors (Lipinski definition) is 25. The van der Waals surface area contributed by atoms with Crippen LogP contribution in [0.2, 0.25) is 0 Å². The minimum absolute atomic E-state index is 0.00772. The Morgan fingerprint density at radius 2 is 0.803 bits per heavy atom. The molecule has 4 aromatic heterocycles. The summed E-state index contributed by atoms with van der Waals surface area (Å²) in [6.45, 7) is 6.32. The number of likely N-dealkylation sites (N-methyl/N-ethyl adjacent to an activating group) is 2. The number of nitrogens with one attached hydrogen (secondary N) is 3. The number of carboxylic acids is 1. The minimum Gasteiger partial charge on any atom is -0.496 e. The Morgan fingerprint density at radius 1 is 0.441 bits per heavy atom. The van der Waals surface area contributed by atoms with Crippen molar-refractivity contribution < 1.29 is 91.1 Å². The van der Waals surface area contributed by atoms with Crippen LogP contribution in [0.15, 0.2) is 120 Å². The number of aliphatic carboxylic acids is 1. The molecule has 6 fully saturated rings. The average molecular weight is 1740 g/mol. The van der Waals surface area contributed by atoms with Gasteiger partial charge in [-0.15, -0.1) is 0 Å². The van der Waals surface area contributed by atoms with Gasteiger partial charge in [0, 0.05) is 128 Å². The summed E-state index contributed by atoms with van der Waals surface area (Å²) >= 11 is 0. The molecule has 0 bridgehead atoms. The quantitative estimate of drug-likeness (QED) is 0.0516. The first-order chi connectivity index (χ1) is 61.1. The Hall–Kier alpha value is -13.3. The summed E-state index contributed by atoms with van der Waals surface area (Å²) in [5.74, 6) is -1.20. The van der Waals surface area contributed by atoms with Gasteiger partial charge in [0.05, 0.1) is 85.7 Å². The van der Waals surface area contributed by atoms with Crippen molar-refractivity contribution in [2.75, 3.05) is 121 Å². The third-order valence-electron chi connectivity index (χ3n) is 25.4. The molecule has 4 N–H and O–H groups in total. The third kappa shape index (κ3) is 19.4. The van der Waals surface area contributed by atoms with E-state index in [0.717, 1.165) is 111 Å². The van der Waals surface area contributed by atoms with Crippen LogP contribution in [0.3, 0.4) is 0 Å². The van der Waals surface area contributed by atoms with E-state index in [1.165, 1.54) is 40.2 Å². The van der Waals surface area contributed by atoms with Crippen molar-refractivity contribution in [3.8, 4) is 56.8 Å². The number of carbonyl (C=O) groups is 12. The van der Waals surface area contributed by atoms with Gasteiger partial charge in [0.2, 0.25) is 29.5 Å². The van der Waals surface area contributed by atoms with Crippen molar-refractivity contribution >= 4 is 92.5 Å².